The molecule has 0 aromatic heterocycles. The third-order valence-corrected chi connectivity index (χ3v) is 7.04. The fourth-order valence-corrected chi connectivity index (χ4v) is 4.70. The summed E-state index contributed by atoms with van der Waals surface area (Å²) < 4.78 is 0. The predicted molar refractivity (Wildman–Crippen MR) is 131 cm³/mol. The molecule has 1 saturated heterocycles. The summed E-state index contributed by atoms with van der Waals surface area (Å²) >= 11 is 0. The zero-order valence-electron chi connectivity index (χ0n) is 19.6. The lowest BCUT2D eigenvalue weighted by Gasteiger charge is -2.32. The monoisotopic (exact) mass is 460 g/mol. The van der Waals surface area contributed by atoms with Crippen LogP contribution in [0.3, 0.4) is 0 Å². The maximum atomic E-state index is 13.0. The van der Waals surface area contributed by atoms with Crippen LogP contribution in [0.5, 0.6) is 0 Å². The Kier molecular flexibility index (Phi) is 6.37. The summed E-state index contributed by atoms with van der Waals surface area (Å²) in [6.07, 6.45) is 12.8. The van der Waals surface area contributed by atoms with Gasteiger partial charge in [0.2, 0.25) is 5.91 Å². The lowest BCUT2D eigenvalue weighted by atomic mass is 9.98. The van der Waals surface area contributed by atoms with Crippen molar-refractivity contribution in [3.8, 4) is 0 Å². The minimum absolute atomic E-state index is 0.00879. The van der Waals surface area contributed by atoms with Gasteiger partial charge in [-0.25, -0.2) is 5.01 Å². The molecule has 2 unspecified atom stereocenters. The van der Waals surface area contributed by atoms with Crippen molar-refractivity contribution in [2.75, 3.05) is 19.7 Å². The highest BCUT2D eigenvalue weighted by molar-refractivity contribution is 6.01. The average molecular weight is 461 g/mol. The Morgan fingerprint density at radius 2 is 1.97 bits per heavy atom. The summed E-state index contributed by atoms with van der Waals surface area (Å²) in [6, 6.07) is 7.64. The Balaban J connectivity index is 1.36. The molecular formula is C27H32N4O3. The topological polar surface area (TPSA) is 85.2 Å². The highest BCUT2D eigenvalue weighted by Gasteiger charge is 2.32. The largest absolute Gasteiger partial charge is 0.396 e. The molecule has 178 valence electrons. The molecule has 7 nitrogen and oxygen atoms in total. The number of likely N-dealkylation sites (tertiary alicyclic amines) is 1. The van der Waals surface area contributed by atoms with Gasteiger partial charge in [-0.05, 0) is 62.3 Å². The Bertz CT molecular complexity index is 1080. The van der Waals surface area contributed by atoms with Gasteiger partial charge in [0.15, 0.2) is 0 Å². The molecule has 2 N–H and O–H groups in total. The van der Waals surface area contributed by atoms with E-state index in [2.05, 4.69) is 18.3 Å². The van der Waals surface area contributed by atoms with Crippen LogP contribution >= 0.6 is 0 Å². The number of fused-ring (bicyclic) bond motifs is 1. The fraction of sp³-hybridized carbons (Fsp3) is 0.444. The van der Waals surface area contributed by atoms with Crippen LogP contribution in [0.1, 0.15) is 54.9 Å². The van der Waals surface area contributed by atoms with E-state index in [9.17, 15) is 14.7 Å². The van der Waals surface area contributed by atoms with Crippen molar-refractivity contribution >= 4 is 23.3 Å². The van der Waals surface area contributed by atoms with Crippen molar-refractivity contribution in [1.82, 2.24) is 15.2 Å². The minimum atomic E-state index is 0.00879. The average Bonchev–Trinajstić information content (AvgIpc) is 3.73. The first-order valence-electron chi connectivity index (χ1n) is 12.3. The number of hydrogen-bond donors (Lipinski definition) is 2. The second kappa shape index (κ2) is 9.58. The summed E-state index contributed by atoms with van der Waals surface area (Å²) in [7, 11) is 0. The van der Waals surface area contributed by atoms with Gasteiger partial charge in [0.05, 0.1) is 11.4 Å². The predicted octanol–water partition coefficient (Wildman–Crippen LogP) is 3.51. The second-order valence-corrected chi connectivity index (χ2v) is 9.76. The number of amidine groups is 1. The highest BCUT2D eigenvalue weighted by Crippen LogP contribution is 2.33. The Morgan fingerprint density at radius 1 is 1.18 bits per heavy atom. The first-order valence-corrected chi connectivity index (χ1v) is 12.3. The van der Waals surface area contributed by atoms with E-state index < -0.39 is 0 Å². The van der Waals surface area contributed by atoms with Gasteiger partial charge in [-0.15, -0.1) is 0 Å². The van der Waals surface area contributed by atoms with Gasteiger partial charge in [-0.1, -0.05) is 31.2 Å². The van der Waals surface area contributed by atoms with Gasteiger partial charge in [0.25, 0.3) is 5.91 Å². The number of carbonyl (C=O) groups is 2. The molecule has 2 amide bonds. The van der Waals surface area contributed by atoms with Gasteiger partial charge >= 0.3 is 0 Å². The van der Waals surface area contributed by atoms with Crippen molar-refractivity contribution in [3.05, 3.63) is 65.4 Å². The number of rotatable bonds is 4. The van der Waals surface area contributed by atoms with Crippen LogP contribution in [0.25, 0.3) is 5.70 Å². The summed E-state index contributed by atoms with van der Waals surface area (Å²) in [5.41, 5.74) is 3.47. The van der Waals surface area contributed by atoms with Gasteiger partial charge in [0, 0.05) is 42.7 Å². The molecule has 0 bridgehead atoms. The Morgan fingerprint density at radius 3 is 2.71 bits per heavy atom. The molecule has 5 rings (SSSR count). The Labute approximate surface area is 200 Å². The van der Waals surface area contributed by atoms with Crippen LogP contribution in [-0.4, -0.2) is 52.4 Å². The molecule has 1 aliphatic carbocycles. The molecule has 3 aliphatic heterocycles. The molecule has 1 aromatic rings. The summed E-state index contributed by atoms with van der Waals surface area (Å²) in [6.45, 7) is 3.55. The minimum Gasteiger partial charge on any atom is -0.396 e. The molecule has 34 heavy (non-hydrogen) atoms. The van der Waals surface area contributed by atoms with Crippen LogP contribution in [0.15, 0.2) is 59.4 Å². The SMILES string of the molecule is CC1CC=C2C=CC=C(c3ccc(C(=O)N4CCCC(CO)C4)cc3)N2N=C1NC(=O)C1CC1. The van der Waals surface area contributed by atoms with E-state index in [1.54, 1.807) is 0 Å². The number of aliphatic hydroxyl groups excluding tert-OH is 1. The Hall–Kier alpha value is -3.19. The number of nitrogens with zero attached hydrogens (tertiary/aromatic N) is 3. The van der Waals surface area contributed by atoms with Crippen molar-refractivity contribution in [1.29, 1.82) is 0 Å². The molecule has 0 spiro atoms. The number of aliphatic hydroxyl groups is 1. The molecule has 1 saturated carbocycles. The van der Waals surface area contributed by atoms with Crippen LogP contribution in [-0.2, 0) is 4.79 Å². The normalized spacial score (nSPS) is 24.5. The zero-order chi connectivity index (χ0) is 23.7. The molecule has 0 radical (unpaired) electrons. The van der Waals surface area contributed by atoms with E-state index in [1.165, 1.54) is 0 Å². The number of carbonyl (C=O) groups excluding carboxylic acids is 2. The first-order chi connectivity index (χ1) is 16.5. The maximum Gasteiger partial charge on any atom is 0.253 e. The van der Waals surface area contributed by atoms with Gasteiger partial charge in [0.1, 0.15) is 5.84 Å². The van der Waals surface area contributed by atoms with Crippen molar-refractivity contribution < 1.29 is 14.7 Å². The van der Waals surface area contributed by atoms with E-state index >= 15 is 0 Å². The van der Waals surface area contributed by atoms with E-state index in [-0.39, 0.29) is 36.2 Å². The molecular weight excluding hydrogens is 428 g/mol. The third kappa shape index (κ3) is 4.71. The van der Waals surface area contributed by atoms with E-state index in [0.717, 1.165) is 55.6 Å². The number of amides is 2. The van der Waals surface area contributed by atoms with Gasteiger partial charge < -0.3 is 15.3 Å². The second-order valence-electron chi connectivity index (χ2n) is 9.76. The van der Waals surface area contributed by atoms with Crippen LogP contribution in [0.2, 0.25) is 0 Å². The standard InChI is InChI=1S/C27H32N4O3/c1-18-7-14-23-5-2-6-24(31(23)29-25(18)28-26(33)21-10-11-21)20-8-12-22(13-9-20)27(34)30-15-3-4-19(16-30)17-32/h2,5-6,8-9,12-14,18-19,21,32H,3-4,7,10-11,15-17H2,1H3,(H,28,29,33). The smallest absolute Gasteiger partial charge is 0.253 e. The van der Waals surface area contributed by atoms with E-state index in [4.69, 9.17) is 5.10 Å². The molecule has 1 aromatic carbocycles. The summed E-state index contributed by atoms with van der Waals surface area (Å²) in [5.74, 6) is 1.17. The number of hydrogen-bond acceptors (Lipinski definition) is 5. The van der Waals surface area contributed by atoms with Gasteiger partial charge in [-0.2, -0.15) is 5.10 Å². The van der Waals surface area contributed by atoms with Crippen molar-refractivity contribution in [3.63, 3.8) is 0 Å². The number of hydrazone groups is 1. The molecule has 4 aliphatic rings. The van der Waals surface area contributed by atoms with E-state index in [1.807, 2.05) is 52.4 Å². The molecule has 3 heterocycles. The molecule has 2 fully saturated rings. The lowest BCUT2D eigenvalue weighted by Crippen LogP contribution is -2.40. The van der Waals surface area contributed by atoms with E-state index in [0.29, 0.717) is 17.9 Å². The number of nitrogens with one attached hydrogen (secondary N) is 1. The summed E-state index contributed by atoms with van der Waals surface area (Å²) in [4.78, 5) is 27.3. The van der Waals surface area contributed by atoms with Crippen LogP contribution < -0.4 is 5.32 Å². The van der Waals surface area contributed by atoms with Crippen molar-refractivity contribution in [2.24, 2.45) is 22.9 Å². The number of benzene rings is 1. The summed E-state index contributed by atoms with van der Waals surface area (Å²) in [5, 5.41) is 19.3. The number of allylic oxidation sites excluding steroid dienone is 4. The highest BCUT2D eigenvalue weighted by atomic mass is 16.3. The maximum absolute atomic E-state index is 13.0. The zero-order valence-corrected chi connectivity index (χ0v) is 19.6. The first kappa shape index (κ1) is 22.6. The van der Waals surface area contributed by atoms with Crippen LogP contribution in [0, 0.1) is 17.8 Å². The molecule has 7 heteroatoms. The van der Waals surface area contributed by atoms with Crippen LogP contribution in [0.4, 0.5) is 0 Å². The quantitative estimate of drug-likeness (QED) is 0.720. The number of piperidine rings is 1. The third-order valence-electron chi connectivity index (χ3n) is 7.04. The molecule has 2 atom stereocenters. The lowest BCUT2D eigenvalue weighted by molar-refractivity contribution is -0.120. The fourth-order valence-electron chi connectivity index (χ4n) is 4.70. The van der Waals surface area contributed by atoms with Gasteiger partial charge in [-0.3, -0.25) is 9.59 Å². The van der Waals surface area contributed by atoms with Crippen molar-refractivity contribution in [2.45, 2.75) is 39.0 Å².